The Bertz CT molecular complexity index is 253. The number of cyclic esters (lactones) is 4. The molecule has 0 atom stereocenters. The number of carbonyl (C=O) groups is 4. The van der Waals surface area contributed by atoms with E-state index >= 15 is 0 Å². The van der Waals surface area contributed by atoms with Gasteiger partial charge >= 0.3 is 21.2 Å². The fraction of sp³-hybridized carbons (Fsp3) is 0. The van der Waals surface area contributed by atoms with E-state index in [0.717, 1.165) is 0 Å². The largest absolute Gasteiger partial charge is 0.387 e. The minimum absolute atomic E-state index is 1.05. The molecule has 11 heavy (non-hydrogen) atoms. The van der Waals surface area contributed by atoms with Crippen LogP contribution in [0.1, 0.15) is 0 Å². The fourth-order valence-corrected chi connectivity index (χ4v) is 2.11. The standard InChI is InChI=1S/C4O6S/c5-1-9-2(6)11(1)3(7)10-4(11)8. The monoisotopic (exact) mass is 176 g/mol. The van der Waals surface area contributed by atoms with Gasteiger partial charge in [-0.25, -0.2) is 19.2 Å². The maximum atomic E-state index is 10.5. The van der Waals surface area contributed by atoms with Crippen molar-refractivity contribution in [2.45, 2.75) is 0 Å². The summed E-state index contributed by atoms with van der Waals surface area (Å²) in [6.07, 6.45) is 0. The van der Waals surface area contributed by atoms with Crippen molar-refractivity contribution in [1.29, 1.82) is 0 Å². The molecule has 2 fully saturated rings. The van der Waals surface area contributed by atoms with Crippen LogP contribution in [0.25, 0.3) is 0 Å². The van der Waals surface area contributed by atoms with Crippen LogP contribution in [0, 0.1) is 0 Å². The Kier molecular flexibility index (Phi) is 0.835. The van der Waals surface area contributed by atoms with Crippen LogP contribution >= 0.6 is 10.0 Å². The van der Waals surface area contributed by atoms with Crippen molar-refractivity contribution < 1.29 is 28.7 Å². The van der Waals surface area contributed by atoms with Gasteiger partial charge in [-0.2, -0.15) is 0 Å². The Hall–Kier alpha value is -1.37. The molecule has 58 valence electrons. The highest BCUT2D eigenvalue weighted by molar-refractivity contribution is 8.76. The first kappa shape index (κ1) is 6.35. The molecule has 2 aliphatic heterocycles. The quantitative estimate of drug-likeness (QED) is 0.408. The number of hydrogen-bond donors (Lipinski definition) is 0. The average molecular weight is 176 g/mol. The molecule has 0 aromatic rings. The molecular weight excluding hydrogens is 176 g/mol. The molecule has 0 aromatic carbocycles. The van der Waals surface area contributed by atoms with Crippen LogP contribution in [-0.4, -0.2) is 21.2 Å². The first-order valence-electron chi connectivity index (χ1n) is 2.45. The van der Waals surface area contributed by atoms with Gasteiger partial charge in [-0.1, -0.05) is 0 Å². The van der Waals surface area contributed by atoms with E-state index in [1.54, 1.807) is 0 Å². The van der Waals surface area contributed by atoms with Gasteiger partial charge in [0.1, 0.15) is 0 Å². The number of ether oxygens (including phenoxy) is 2. The van der Waals surface area contributed by atoms with Gasteiger partial charge in [0.2, 0.25) is 0 Å². The third-order valence-electron chi connectivity index (χ3n) is 1.33. The van der Waals surface area contributed by atoms with Gasteiger partial charge in [-0.05, 0) is 0 Å². The molecule has 0 unspecified atom stereocenters. The molecule has 0 aliphatic carbocycles. The van der Waals surface area contributed by atoms with Crippen molar-refractivity contribution in [2.75, 3.05) is 0 Å². The van der Waals surface area contributed by atoms with Crippen LogP contribution in [0.3, 0.4) is 0 Å². The first-order chi connectivity index (χ1) is 5.10. The summed E-state index contributed by atoms with van der Waals surface area (Å²) in [4.78, 5) is 42.2. The van der Waals surface area contributed by atoms with Crippen molar-refractivity contribution in [3.05, 3.63) is 0 Å². The van der Waals surface area contributed by atoms with Gasteiger partial charge < -0.3 is 9.47 Å². The molecule has 0 amide bonds. The van der Waals surface area contributed by atoms with Crippen LogP contribution in [-0.2, 0) is 9.47 Å². The normalized spacial score (nSPS) is 28.4. The van der Waals surface area contributed by atoms with E-state index in [0.29, 0.717) is 0 Å². The highest BCUT2D eigenvalue weighted by Gasteiger charge is 2.75. The third-order valence-corrected chi connectivity index (χ3v) is 3.67. The zero-order valence-electron chi connectivity index (χ0n) is 4.86. The zero-order chi connectivity index (χ0) is 8.22. The minimum Gasteiger partial charge on any atom is -0.376 e. The van der Waals surface area contributed by atoms with E-state index in [-0.39, 0.29) is 0 Å². The summed E-state index contributed by atoms with van der Waals surface area (Å²) in [7, 11) is -3.11. The highest BCUT2D eigenvalue weighted by Crippen LogP contribution is 2.67. The van der Waals surface area contributed by atoms with Crippen molar-refractivity contribution in [1.82, 2.24) is 0 Å². The number of rotatable bonds is 0. The summed E-state index contributed by atoms with van der Waals surface area (Å²) in [5.74, 6) is 0. The SMILES string of the molecule is O=C1OC(=O)S12C(=O)OC2=O. The lowest BCUT2D eigenvalue weighted by molar-refractivity contribution is 0.160. The van der Waals surface area contributed by atoms with E-state index in [4.69, 9.17) is 0 Å². The molecule has 2 aliphatic rings. The molecule has 0 aromatic heterocycles. The molecule has 0 N–H and O–H groups in total. The number of carbonyl (C=O) groups excluding carboxylic acids is 4. The lowest BCUT2D eigenvalue weighted by atomic mass is 11.3. The van der Waals surface area contributed by atoms with Gasteiger partial charge in [0, 0.05) is 0 Å². The Morgan fingerprint density at radius 3 is 1.09 bits per heavy atom. The summed E-state index contributed by atoms with van der Waals surface area (Å²) in [6.45, 7) is 0. The van der Waals surface area contributed by atoms with Gasteiger partial charge in [0.15, 0.2) is 10.0 Å². The van der Waals surface area contributed by atoms with Gasteiger partial charge in [0.05, 0.1) is 0 Å². The molecule has 2 saturated heterocycles. The van der Waals surface area contributed by atoms with Crippen molar-refractivity contribution in [3.63, 3.8) is 0 Å². The van der Waals surface area contributed by atoms with Crippen LogP contribution < -0.4 is 0 Å². The first-order valence-corrected chi connectivity index (χ1v) is 4.08. The molecule has 2 rings (SSSR count). The fourth-order valence-electron chi connectivity index (χ4n) is 0.726. The Labute approximate surface area is 60.8 Å². The Morgan fingerprint density at radius 1 is 0.727 bits per heavy atom. The summed E-state index contributed by atoms with van der Waals surface area (Å²) in [5, 5.41) is -4.21. The van der Waals surface area contributed by atoms with E-state index in [2.05, 4.69) is 9.47 Å². The zero-order valence-corrected chi connectivity index (χ0v) is 5.67. The smallest absolute Gasteiger partial charge is 0.376 e. The third kappa shape index (κ3) is 0.404. The predicted octanol–water partition coefficient (Wildman–Crippen LogP) is 1.33. The van der Waals surface area contributed by atoms with Crippen molar-refractivity contribution in [2.24, 2.45) is 0 Å². The van der Waals surface area contributed by atoms with Gasteiger partial charge in [-0.15, -0.1) is 0 Å². The second kappa shape index (κ2) is 1.45. The van der Waals surface area contributed by atoms with E-state index in [1.807, 2.05) is 0 Å². The molecule has 0 radical (unpaired) electrons. The molecule has 1 spiro atoms. The highest BCUT2D eigenvalue weighted by atomic mass is 32.3. The van der Waals surface area contributed by atoms with Gasteiger partial charge in [-0.3, -0.25) is 0 Å². The van der Waals surface area contributed by atoms with E-state index in [1.165, 1.54) is 0 Å². The second-order valence-corrected chi connectivity index (χ2v) is 4.37. The molecule has 0 bridgehead atoms. The summed E-state index contributed by atoms with van der Waals surface area (Å²) >= 11 is 0. The van der Waals surface area contributed by atoms with Crippen LogP contribution in [0.4, 0.5) is 19.2 Å². The van der Waals surface area contributed by atoms with Crippen LogP contribution in [0.5, 0.6) is 0 Å². The molecule has 0 saturated carbocycles. The summed E-state index contributed by atoms with van der Waals surface area (Å²) < 4.78 is 7.75. The average Bonchev–Trinajstić information content (AvgIpc) is 1.86. The lowest BCUT2D eigenvalue weighted by Gasteiger charge is -2.40. The maximum Gasteiger partial charge on any atom is 0.387 e. The van der Waals surface area contributed by atoms with Gasteiger partial charge in [0.25, 0.3) is 0 Å². The predicted molar refractivity (Wildman–Crippen MR) is 31.3 cm³/mol. The Balaban J connectivity index is 2.49. The minimum atomic E-state index is -3.11. The molecular formula is C4O6S. The van der Waals surface area contributed by atoms with E-state index < -0.39 is 31.2 Å². The Morgan fingerprint density at radius 2 is 1.00 bits per heavy atom. The van der Waals surface area contributed by atoms with Crippen LogP contribution in [0.15, 0.2) is 0 Å². The summed E-state index contributed by atoms with van der Waals surface area (Å²) in [5.41, 5.74) is 0. The number of hydrogen-bond acceptors (Lipinski definition) is 6. The summed E-state index contributed by atoms with van der Waals surface area (Å²) in [6, 6.07) is 0. The maximum absolute atomic E-state index is 10.5. The molecule has 7 heteroatoms. The topological polar surface area (TPSA) is 86.7 Å². The second-order valence-electron chi connectivity index (χ2n) is 1.82. The lowest BCUT2D eigenvalue weighted by Crippen LogP contribution is -2.52. The van der Waals surface area contributed by atoms with E-state index in [9.17, 15) is 19.2 Å². The molecule has 6 nitrogen and oxygen atoms in total. The van der Waals surface area contributed by atoms with Crippen molar-refractivity contribution in [3.8, 4) is 0 Å². The van der Waals surface area contributed by atoms with Crippen LogP contribution in [0.2, 0.25) is 0 Å². The van der Waals surface area contributed by atoms with Crippen molar-refractivity contribution >= 4 is 31.2 Å². The molecule has 2 heterocycles.